The first-order chi connectivity index (χ1) is 11.4. The van der Waals surface area contributed by atoms with Gasteiger partial charge in [-0.15, -0.1) is 12.4 Å². The molecule has 1 heterocycles. The van der Waals surface area contributed by atoms with Crippen molar-refractivity contribution in [1.29, 1.82) is 0 Å². The molecule has 1 aromatic rings. The van der Waals surface area contributed by atoms with Gasteiger partial charge < -0.3 is 20.5 Å². The number of hydrogen-bond acceptors (Lipinski definition) is 4. The average Bonchev–Trinajstić information content (AvgIpc) is 2.59. The number of nitrogens with one attached hydrogen (secondary N) is 1. The van der Waals surface area contributed by atoms with Crippen LogP contribution in [0.1, 0.15) is 37.8 Å². The summed E-state index contributed by atoms with van der Waals surface area (Å²) in [4.78, 5) is 12.9. The van der Waals surface area contributed by atoms with E-state index in [1.54, 1.807) is 7.11 Å². The summed E-state index contributed by atoms with van der Waals surface area (Å²) in [6, 6.07) is 8.04. The molecule has 0 spiro atoms. The van der Waals surface area contributed by atoms with Gasteiger partial charge in [-0.3, -0.25) is 4.79 Å². The number of methoxy groups -OCH3 is 1. The summed E-state index contributed by atoms with van der Waals surface area (Å²) >= 11 is 0. The predicted molar refractivity (Wildman–Crippen MR) is 99.4 cm³/mol. The van der Waals surface area contributed by atoms with Crippen LogP contribution in [0, 0.1) is 11.3 Å². The van der Waals surface area contributed by atoms with E-state index in [9.17, 15) is 4.79 Å². The van der Waals surface area contributed by atoms with Crippen molar-refractivity contribution in [2.45, 2.75) is 51.5 Å². The van der Waals surface area contributed by atoms with E-state index >= 15 is 0 Å². The van der Waals surface area contributed by atoms with E-state index in [0.29, 0.717) is 13.2 Å². The van der Waals surface area contributed by atoms with Crippen LogP contribution in [0.2, 0.25) is 0 Å². The molecule has 0 aromatic heterocycles. The first kappa shape index (κ1) is 20.2. The first-order valence-corrected chi connectivity index (χ1v) is 8.67. The third-order valence-corrected chi connectivity index (χ3v) is 5.82. The molecule has 25 heavy (non-hydrogen) atoms. The fraction of sp³-hybridized carbons (Fsp3) is 0.632. The zero-order valence-electron chi connectivity index (χ0n) is 15.2. The fourth-order valence-corrected chi connectivity index (χ4v) is 4.36. The highest BCUT2D eigenvalue weighted by atomic mass is 35.5. The minimum absolute atomic E-state index is 0. The second-order valence-corrected chi connectivity index (χ2v) is 7.57. The van der Waals surface area contributed by atoms with Gasteiger partial charge in [0, 0.05) is 31.6 Å². The van der Waals surface area contributed by atoms with E-state index in [1.807, 2.05) is 38.1 Å². The summed E-state index contributed by atoms with van der Waals surface area (Å²) < 4.78 is 11.0. The zero-order chi connectivity index (χ0) is 17.4. The van der Waals surface area contributed by atoms with Crippen LogP contribution in [0.15, 0.2) is 24.3 Å². The van der Waals surface area contributed by atoms with Crippen LogP contribution in [0.5, 0.6) is 0 Å². The Bertz CT molecular complexity index is 622. The highest BCUT2D eigenvalue weighted by molar-refractivity contribution is 5.89. The maximum atomic E-state index is 12.9. The highest BCUT2D eigenvalue weighted by Gasteiger charge is 2.70. The molecule has 2 aliphatic rings. The van der Waals surface area contributed by atoms with Crippen molar-refractivity contribution >= 4 is 18.3 Å². The number of halogens is 1. The Morgan fingerprint density at radius 1 is 1.40 bits per heavy atom. The topological polar surface area (TPSA) is 73.6 Å². The molecule has 1 saturated heterocycles. The van der Waals surface area contributed by atoms with E-state index in [2.05, 4.69) is 5.32 Å². The lowest BCUT2D eigenvalue weighted by Gasteiger charge is -2.65. The fourth-order valence-electron chi connectivity index (χ4n) is 4.36. The van der Waals surface area contributed by atoms with Gasteiger partial charge in [0.2, 0.25) is 5.91 Å². The van der Waals surface area contributed by atoms with Crippen LogP contribution in [0.25, 0.3) is 0 Å². The molecule has 3 rings (SSSR count). The molecular weight excluding hydrogens is 340 g/mol. The molecule has 1 amide bonds. The quantitative estimate of drug-likeness (QED) is 0.837. The molecule has 3 atom stereocenters. The van der Waals surface area contributed by atoms with Crippen molar-refractivity contribution in [2.75, 3.05) is 13.7 Å². The first-order valence-electron chi connectivity index (χ1n) is 8.67. The van der Waals surface area contributed by atoms with Gasteiger partial charge in [-0.2, -0.15) is 0 Å². The van der Waals surface area contributed by atoms with E-state index < -0.39 is 5.54 Å². The Kier molecular flexibility index (Phi) is 6.15. The molecule has 1 aromatic carbocycles. The lowest BCUT2D eigenvalue weighted by molar-refractivity contribution is -0.225. The molecule has 5 nitrogen and oxygen atoms in total. The van der Waals surface area contributed by atoms with E-state index in [-0.39, 0.29) is 35.8 Å². The monoisotopic (exact) mass is 368 g/mol. The minimum Gasteiger partial charge on any atom is -0.380 e. The summed E-state index contributed by atoms with van der Waals surface area (Å²) in [7, 11) is 1.67. The van der Waals surface area contributed by atoms with Gasteiger partial charge in [0.25, 0.3) is 0 Å². The van der Waals surface area contributed by atoms with E-state index in [0.717, 1.165) is 30.6 Å². The summed E-state index contributed by atoms with van der Waals surface area (Å²) in [5.41, 5.74) is 7.55. The number of nitrogens with two attached hydrogens (primary N) is 1. The second kappa shape index (κ2) is 7.62. The van der Waals surface area contributed by atoms with Crippen molar-refractivity contribution in [3.05, 3.63) is 35.4 Å². The van der Waals surface area contributed by atoms with E-state index in [4.69, 9.17) is 15.2 Å². The molecule has 0 bridgehead atoms. The van der Waals surface area contributed by atoms with Crippen LogP contribution < -0.4 is 11.1 Å². The van der Waals surface area contributed by atoms with Crippen LogP contribution >= 0.6 is 12.4 Å². The molecule has 140 valence electrons. The van der Waals surface area contributed by atoms with Gasteiger partial charge in [0.1, 0.15) is 5.54 Å². The average molecular weight is 369 g/mol. The maximum Gasteiger partial charge on any atom is 0.241 e. The molecule has 1 aliphatic carbocycles. The molecule has 6 heteroatoms. The Morgan fingerprint density at radius 3 is 2.84 bits per heavy atom. The van der Waals surface area contributed by atoms with Gasteiger partial charge in [-0.25, -0.2) is 0 Å². The SMILES string of the molecule is COCc1cccc(CNC(=O)C2(N)C3CCCOC3C2(C)C)c1.Cl. The Balaban J connectivity index is 0.00000225. The van der Waals surface area contributed by atoms with Gasteiger partial charge >= 0.3 is 0 Å². The van der Waals surface area contributed by atoms with Crippen LogP contribution in [-0.2, 0) is 27.4 Å². The minimum atomic E-state index is -0.859. The molecule has 0 radical (unpaired) electrons. The number of rotatable bonds is 5. The molecule has 1 saturated carbocycles. The molecule has 2 fully saturated rings. The largest absolute Gasteiger partial charge is 0.380 e. The lowest BCUT2D eigenvalue weighted by atomic mass is 9.46. The number of carbonyl (C=O) groups excluding carboxylic acids is 1. The van der Waals surface area contributed by atoms with Crippen molar-refractivity contribution in [3.63, 3.8) is 0 Å². The second-order valence-electron chi connectivity index (χ2n) is 7.57. The number of benzene rings is 1. The van der Waals surface area contributed by atoms with Crippen LogP contribution in [-0.4, -0.2) is 31.3 Å². The highest BCUT2D eigenvalue weighted by Crippen LogP contribution is 2.57. The van der Waals surface area contributed by atoms with Gasteiger partial charge in [0.15, 0.2) is 0 Å². The normalized spacial score (nSPS) is 29.8. The van der Waals surface area contributed by atoms with Gasteiger partial charge in [-0.05, 0) is 24.0 Å². The van der Waals surface area contributed by atoms with Crippen molar-refractivity contribution in [2.24, 2.45) is 17.1 Å². The van der Waals surface area contributed by atoms with Crippen LogP contribution in [0.3, 0.4) is 0 Å². The predicted octanol–water partition coefficient (Wildman–Crippen LogP) is 2.40. The lowest BCUT2D eigenvalue weighted by Crippen LogP contribution is -2.82. The van der Waals surface area contributed by atoms with Gasteiger partial charge in [-0.1, -0.05) is 38.1 Å². The van der Waals surface area contributed by atoms with E-state index in [1.165, 1.54) is 0 Å². The molecule has 1 aliphatic heterocycles. The van der Waals surface area contributed by atoms with Gasteiger partial charge in [0.05, 0.1) is 12.7 Å². The van der Waals surface area contributed by atoms with Crippen molar-refractivity contribution < 1.29 is 14.3 Å². The molecular formula is C19H29ClN2O3. The number of fused-ring (bicyclic) bond motifs is 1. The maximum absolute atomic E-state index is 12.9. The summed E-state index contributed by atoms with van der Waals surface area (Å²) in [5, 5.41) is 3.04. The summed E-state index contributed by atoms with van der Waals surface area (Å²) in [6.45, 7) is 5.89. The Labute approximate surface area is 156 Å². The number of carbonyl (C=O) groups is 1. The summed E-state index contributed by atoms with van der Waals surface area (Å²) in [5.74, 6) is 0.0393. The molecule has 3 unspecified atom stereocenters. The van der Waals surface area contributed by atoms with Crippen molar-refractivity contribution in [1.82, 2.24) is 5.32 Å². The number of amides is 1. The summed E-state index contributed by atoms with van der Waals surface area (Å²) in [6.07, 6.45) is 2.02. The third-order valence-electron chi connectivity index (χ3n) is 5.82. The molecule has 3 N–H and O–H groups in total. The smallest absolute Gasteiger partial charge is 0.241 e. The van der Waals surface area contributed by atoms with Crippen LogP contribution in [0.4, 0.5) is 0 Å². The number of ether oxygens (including phenoxy) is 2. The Morgan fingerprint density at radius 2 is 2.12 bits per heavy atom. The standard InChI is InChI=1S/C19H28N2O3.ClH/c1-18(2)16-15(8-5-9-24-16)19(18,20)17(22)21-11-13-6-4-7-14(10-13)12-23-3;/h4,6-7,10,15-16H,5,8-9,11-12,20H2,1-3H3,(H,21,22);1H. The zero-order valence-corrected chi connectivity index (χ0v) is 16.0. The number of hydrogen-bond donors (Lipinski definition) is 2. The van der Waals surface area contributed by atoms with Crippen molar-refractivity contribution in [3.8, 4) is 0 Å². The third kappa shape index (κ3) is 3.31. The Hall–Kier alpha value is -1.14.